The first kappa shape index (κ1) is 11.7. The van der Waals surface area contributed by atoms with E-state index < -0.39 is 5.97 Å². The van der Waals surface area contributed by atoms with Crippen LogP contribution in [0.5, 0.6) is 0 Å². The third kappa shape index (κ3) is 2.31. The van der Waals surface area contributed by atoms with Crippen molar-refractivity contribution in [2.45, 2.75) is 13.8 Å². The van der Waals surface area contributed by atoms with Crippen LogP contribution in [0.3, 0.4) is 0 Å². The summed E-state index contributed by atoms with van der Waals surface area (Å²) in [6.07, 6.45) is 0. The number of nitrogens with zero attached hydrogens (tertiary/aromatic N) is 1. The van der Waals surface area contributed by atoms with Crippen LogP contribution < -0.4 is 0 Å². The number of carboxylic acid groups (broad SMARTS) is 1. The molecule has 2 rings (SSSR count). The summed E-state index contributed by atoms with van der Waals surface area (Å²) in [5.41, 5.74) is 1.98. The molecule has 0 radical (unpaired) electrons. The van der Waals surface area contributed by atoms with Crippen LogP contribution in [0.2, 0.25) is 5.02 Å². The van der Waals surface area contributed by atoms with Crippen molar-refractivity contribution in [2.24, 2.45) is 0 Å². The third-order valence-electron chi connectivity index (χ3n) is 2.28. The van der Waals surface area contributed by atoms with Crippen molar-refractivity contribution in [2.75, 3.05) is 0 Å². The van der Waals surface area contributed by atoms with Gasteiger partial charge in [0.05, 0.1) is 5.69 Å². The number of benzene rings is 1. The van der Waals surface area contributed by atoms with Crippen molar-refractivity contribution in [1.82, 2.24) is 4.98 Å². The number of aryl methyl sites for hydroxylation is 2. The van der Waals surface area contributed by atoms with Gasteiger partial charge in [-0.05, 0) is 37.6 Å². The van der Waals surface area contributed by atoms with Crippen LogP contribution in [0.1, 0.15) is 21.8 Å². The predicted octanol–water partition coefficient (Wildman–Crippen LogP) is 3.31. The fourth-order valence-electron chi connectivity index (χ4n) is 1.58. The van der Waals surface area contributed by atoms with Gasteiger partial charge < -0.3 is 9.52 Å². The monoisotopic (exact) mass is 251 g/mol. The van der Waals surface area contributed by atoms with Crippen LogP contribution in [-0.4, -0.2) is 16.1 Å². The highest BCUT2D eigenvalue weighted by Gasteiger charge is 2.17. The van der Waals surface area contributed by atoms with E-state index in [2.05, 4.69) is 4.98 Å². The van der Waals surface area contributed by atoms with Crippen molar-refractivity contribution in [3.63, 3.8) is 0 Å². The van der Waals surface area contributed by atoms with Gasteiger partial charge in [-0.2, -0.15) is 0 Å². The van der Waals surface area contributed by atoms with Gasteiger partial charge in [-0.1, -0.05) is 11.6 Å². The Hall–Kier alpha value is -1.81. The number of rotatable bonds is 2. The fourth-order valence-corrected chi connectivity index (χ4v) is 1.87. The number of aromatic carboxylic acids is 1. The molecule has 17 heavy (non-hydrogen) atoms. The van der Waals surface area contributed by atoms with E-state index >= 15 is 0 Å². The van der Waals surface area contributed by atoms with Crippen LogP contribution >= 0.6 is 11.6 Å². The van der Waals surface area contributed by atoms with Gasteiger partial charge in [-0.25, -0.2) is 9.78 Å². The Bertz CT molecular complexity index is 569. The average Bonchev–Trinajstić information content (AvgIpc) is 2.59. The van der Waals surface area contributed by atoms with E-state index in [0.29, 0.717) is 16.3 Å². The Kier molecular flexibility index (Phi) is 2.90. The second kappa shape index (κ2) is 4.22. The second-order valence-electron chi connectivity index (χ2n) is 3.76. The minimum Gasteiger partial charge on any atom is -0.475 e. The Morgan fingerprint density at radius 2 is 2.06 bits per heavy atom. The number of halogens is 1. The Balaban J connectivity index is 2.53. The van der Waals surface area contributed by atoms with Gasteiger partial charge in [0.15, 0.2) is 0 Å². The number of oxazole rings is 1. The molecular weight excluding hydrogens is 242 g/mol. The van der Waals surface area contributed by atoms with Gasteiger partial charge in [-0.15, -0.1) is 0 Å². The zero-order valence-electron chi connectivity index (χ0n) is 9.32. The Morgan fingerprint density at radius 1 is 1.35 bits per heavy atom. The summed E-state index contributed by atoms with van der Waals surface area (Å²) >= 11 is 5.92. The average molecular weight is 252 g/mol. The molecule has 0 aliphatic carbocycles. The van der Waals surface area contributed by atoms with Gasteiger partial charge in [0.2, 0.25) is 11.7 Å². The number of carbonyl (C=O) groups is 1. The lowest BCUT2D eigenvalue weighted by molar-refractivity contribution is 0.0662. The summed E-state index contributed by atoms with van der Waals surface area (Å²) in [6.45, 7) is 3.48. The summed E-state index contributed by atoms with van der Waals surface area (Å²) < 4.78 is 5.20. The number of hydrogen-bond donors (Lipinski definition) is 1. The molecule has 4 nitrogen and oxygen atoms in total. The molecular formula is C12H10ClNO3. The predicted molar refractivity (Wildman–Crippen MR) is 63.4 cm³/mol. The molecule has 0 spiro atoms. The standard InChI is InChI=1S/C12H10ClNO3/c1-6-3-8(5-9(13)4-6)11-14-7(2)10(17-11)12(15)16/h3-5H,1-2H3,(H,15,16). The highest BCUT2D eigenvalue weighted by molar-refractivity contribution is 6.30. The van der Waals surface area contributed by atoms with Crippen LogP contribution in [0.25, 0.3) is 11.5 Å². The molecule has 0 saturated heterocycles. The van der Waals surface area contributed by atoms with Crippen LogP contribution in [0, 0.1) is 13.8 Å². The van der Waals surface area contributed by atoms with E-state index in [-0.39, 0.29) is 11.7 Å². The normalized spacial score (nSPS) is 10.5. The molecule has 0 fully saturated rings. The topological polar surface area (TPSA) is 63.3 Å². The Morgan fingerprint density at radius 3 is 2.59 bits per heavy atom. The van der Waals surface area contributed by atoms with E-state index in [1.54, 1.807) is 19.1 Å². The first-order chi connectivity index (χ1) is 7.97. The van der Waals surface area contributed by atoms with Gasteiger partial charge in [0, 0.05) is 10.6 Å². The van der Waals surface area contributed by atoms with Gasteiger partial charge in [-0.3, -0.25) is 0 Å². The zero-order valence-corrected chi connectivity index (χ0v) is 10.1. The maximum absolute atomic E-state index is 10.8. The van der Waals surface area contributed by atoms with Gasteiger partial charge in [0.1, 0.15) is 0 Å². The minimum atomic E-state index is -1.12. The first-order valence-corrected chi connectivity index (χ1v) is 5.33. The highest BCUT2D eigenvalue weighted by atomic mass is 35.5. The lowest BCUT2D eigenvalue weighted by atomic mass is 10.1. The maximum Gasteiger partial charge on any atom is 0.373 e. The molecule has 0 bridgehead atoms. The molecule has 1 N–H and O–H groups in total. The fraction of sp³-hybridized carbons (Fsp3) is 0.167. The zero-order chi connectivity index (χ0) is 12.6. The molecule has 0 amide bonds. The third-order valence-corrected chi connectivity index (χ3v) is 2.50. The molecule has 0 aliphatic rings. The molecule has 1 aromatic heterocycles. The highest BCUT2D eigenvalue weighted by Crippen LogP contribution is 2.25. The number of aromatic nitrogens is 1. The molecule has 5 heteroatoms. The van der Waals surface area contributed by atoms with Crippen molar-refractivity contribution >= 4 is 17.6 Å². The van der Waals surface area contributed by atoms with Crippen molar-refractivity contribution in [1.29, 1.82) is 0 Å². The van der Waals surface area contributed by atoms with Gasteiger partial charge in [0.25, 0.3) is 0 Å². The SMILES string of the molecule is Cc1cc(Cl)cc(-c2nc(C)c(C(=O)O)o2)c1. The summed E-state index contributed by atoms with van der Waals surface area (Å²) in [4.78, 5) is 14.9. The van der Waals surface area contributed by atoms with Crippen LogP contribution in [0.4, 0.5) is 0 Å². The molecule has 0 aliphatic heterocycles. The molecule has 2 aromatic rings. The molecule has 0 atom stereocenters. The summed E-state index contributed by atoms with van der Waals surface area (Å²) in [7, 11) is 0. The number of carboxylic acids is 1. The molecule has 88 valence electrons. The van der Waals surface area contributed by atoms with Crippen LogP contribution in [0.15, 0.2) is 22.6 Å². The lowest BCUT2D eigenvalue weighted by Gasteiger charge is -1.99. The molecule has 1 aromatic carbocycles. The van der Waals surface area contributed by atoms with Crippen molar-refractivity contribution in [3.05, 3.63) is 40.2 Å². The largest absolute Gasteiger partial charge is 0.475 e. The first-order valence-electron chi connectivity index (χ1n) is 4.95. The lowest BCUT2D eigenvalue weighted by Crippen LogP contribution is -1.95. The maximum atomic E-state index is 10.8. The van der Waals surface area contributed by atoms with Gasteiger partial charge >= 0.3 is 5.97 Å². The summed E-state index contributed by atoms with van der Waals surface area (Å²) in [5, 5.41) is 9.44. The summed E-state index contributed by atoms with van der Waals surface area (Å²) in [6, 6.07) is 5.33. The van der Waals surface area contributed by atoms with E-state index in [4.69, 9.17) is 21.1 Å². The van der Waals surface area contributed by atoms with E-state index in [0.717, 1.165) is 5.56 Å². The Labute approximate surface area is 103 Å². The molecule has 0 unspecified atom stereocenters. The number of hydrogen-bond acceptors (Lipinski definition) is 3. The van der Waals surface area contributed by atoms with E-state index in [9.17, 15) is 4.79 Å². The molecule has 0 saturated carbocycles. The smallest absolute Gasteiger partial charge is 0.373 e. The molecule has 1 heterocycles. The second-order valence-corrected chi connectivity index (χ2v) is 4.19. The van der Waals surface area contributed by atoms with E-state index in [1.165, 1.54) is 0 Å². The summed E-state index contributed by atoms with van der Waals surface area (Å²) in [5.74, 6) is -0.997. The minimum absolute atomic E-state index is 0.141. The quantitative estimate of drug-likeness (QED) is 0.889. The van der Waals surface area contributed by atoms with Crippen LogP contribution in [-0.2, 0) is 0 Å². The van der Waals surface area contributed by atoms with Crippen molar-refractivity contribution in [3.8, 4) is 11.5 Å². The van der Waals surface area contributed by atoms with Crippen molar-refractivity contribution < 1.29 is 14.3 Å². The van der Waals surface area contributed by atoms with E-state index in [1.807, 2.05) is 13.0 Å².